The van der Waals surface area contributed by atoms with E-state index < -0.39 is 0 Å². The van der Waals surface area contributed by atoms with Gasteiger partial charge in [-0.25, -0.2) is 0 Å². The van der Waals surface area contributed by atoms with E-state index in [-0.39, 0.29) is 18.1 Å². The molecule has 0 bridgehead atoms. The summed E-state index contributed by atoms with van der Waals surface area (Å²) in [5.41, 5.74) is 5.66. The van der Waals surface area contributed by atoms with E-state index in [2.05, 4.69) is 15.0 Å². The third-order valence-electron chi connectivity index (χ3n) is 2.99. The van der Waals surface area contributed by atoms with E-state index >= 15 is 0 Å². The Labute approximate surface area is 113 Å². The van der Waals surface area contributed by atoms with Crippen molar-refractivity contribution < 1.29 is 9.47 Å². The van der Waals surface area contributed by atoms with Crippen LogP contribution in [-0.2, 0) is 4.74 Å². The highest BCUT2D eigenvalue weighted by atomic mass is 16.5. The Morgan fingerprint density at radius 2 is 2.21 bits per heavy atom. The molecule has 0 aromatic carbocycles. The summed E-state index contributed by atoms with van der Waals surface area (Å²) in [5, 5.41) is 0. The molecule has 106 valence electrons. The van der Waals surface area contributed by atoms with E-state index in [1.807, 2.05) is 18.9 Å². The second-order valence-corrected chi connectivity index (χ2v) is 4.58. The minimum Gasteiger partial charge on any atom is -0.464 e. The van der Waals surface area contributed by atoms with Crippen molar-refractivity contribution in [3.8, 4) is 6.01 Å². The van der Waals surface area contributed by atoms with Crippen molar-refractivity contribution in [2.45, 2.75) is 32.3 Å². The van der Waals surface area contributed by atoms with Crippen LogP contribution in [0, 0.1) is 0 Å². The van der Waals surface area contributed by atoms with Crippen molar-refractivity contribution >= 4 is 11.9 Å². The summed E-state index contributed by atoms with van der Waals surface area (Å²) in [6.07, 6.45) is 3.66. The Balaban J connectivity index is 2.02. The highest BCUT2D eigenvalue weighted by molar-refractivity contribution is 5.35. The Hall–Kier alpha value is -1.63. The molecule has 1 atom stereocenters. The van der Waals surface area contributed by atoms with Crippen LogP contribution in [-0.4, -0.2) is 47.9 Å². The van der Waals surface area contributed by atoms with Gasteiger partial charge in [-0.1, -0.05) is 0 Å². The molecular formula is C12H21N5O2. The minimum atomic E-state index is 0.171. The monoisotopic (exact) mass is 267 g/mol. The lowest BCUT2D eigenvalue weighted by molar-refractivity contribution is 0.0214. The van der Waals surface area contributed by atoms with Gasteiger partial charge in [0.25, 0.3) is 0 Å². The van der Waals surface area contributed by atoms with Gasteiger partial charge in [0.15, 0.2) is 0 Å². The lowest BCUT2D eigenvalue weighted by atomic mass is 10.1. The van der Waals surface area contributed by atoms with E-state index in [0.29, 0.717) is 12.6 Å². The second-order valence-electron chi connectivity index (χ2n) is 4.58. The fourth-order valence-corrected chi connectivity index (χ4v) is 2.06. The van der Waals surface area contributed by atoms with Crippen molar-refractivity contribution in [1.82, 2.24) is 15.0 Å². The Kier molecular flexibility index (Phi) is 4.73. The molecule has 1 unspecified atom stereocenters. The SMILES string of the molecule is CCOc1nc(N)nc(N(C)CC2CCCCO2)n1. The number of likely N-dealkylation sites (N-methyl/N-ethyl adjacent to an activating group) is 1. The number of hydrogen-bond acceptors (Lipinski definition) is 7. The van der Waals surface area contributed by atoms with Gasteiger partial charge in [0.05, 0.1) is 12.7 Å². The van der Waals surface area contributed by atoms with Gasteiger partial charge in [-0.15, -0.1) is 0 Å². The van der Waals surface area contributed by atoms with Crippen LogP contribution >= 0.6 is 0 Å². The molecule has 1 aromatic heterocycles. The summed E-state index contributed by atoms with van der Waals surface area (Å²) >= 11 is 0. The summed E-state index contributed by atoms with van der Waals surface area (Å²) < 4.78 is 11.0. The number of nitrogens with zero attached hydrogens (tertiary/aromatic N) is 4. The predicted octanol–water partition coefficient (Wildman–Crippen LogP) is 0.858. The quantitative estimate of drug-likeness (QED) is 0.846. The molecule has 2 N–H and O–H groups in total. The van der Waals surface area contributed by atoms with Crippen molar-refractivity contribution in [3.05, 3.63) is 0 Å². The van der Waals surface area contributed by atoms with Crippen LogP contribution in [0.5, 0.6) is 6.01 Å². The van der Waals surface area contributed by atoms with Crippen LogP contribution in [0.4, 0.5) is 11.9 Å². The molecule has 1 saturated heterocycles. The molecule has 1 aliphatic heterocycles. The average molecular weight is 267 g/mol. The van der Waals surface area contributed by atoms with Crippen molar-refractivity contribution in [2.24, 2.45) is 0 Å². The third kappa shape index (κ3) is 3.92. The van der Waals surface area contributed by atoms with E-state index in [1.54, 1.807) is 0 Å². The number of anilines is 2. The average Bonchev–Trinajstić information content (AvgIpc) is 2.39. The van der Waals surface area contributed by atoms with Crippen molar-refractivity contribution in [3.63, 3.8) is 0 Å². The maximum absolute atomic E-state index is 5.70. The largest absolute Gasteiger partial charge is 0.464 e. The highest BCUT2D eigenvalue weighted by Crippen LogP contribution is 2.17. The maximum atomic E-state index is 5.70. The van der Waals surface area contributed by atoms with E-state index in [0.717, 1.165) is 26.0 Å². The molecule has 1 fully saturated rings. The second kappa shape index (κ2) is 6.51. The van der Waals surface area contributed by atoms with Gasteiger partial charge < -0.3 is 20.1 Å². The minimum absolute atomic E-state index is 0.171. The van der Waals surface area contributed by atoms with Crippen LogP contribution in [0.3, 0.4) is 0 Å². The zero-order valence-corrected chi connectivity index (χ0v) is 11.5. The van der Waals surface area contributed by atoms with Gasteiger partial charge in [-0.05, 0) is 26.2 Å². The first-order chi connectivity index (χ1) is 9.19. The van der Waals surface area contributed by atoms with Gasteiger partial charge in [0, 0.05) is 20.2 Å². The third-order valence-corrected chi connectivity index (χ3v) is 2.99. The van der Waals surface area contributed by atoms with E-state index in [9.17, 15) is 0 Å². The molecule has 1 aliphatic rings. The first kappa shape index (κ1) is 13.8. The highest BCUT2D eigenvalue weighted by Gasteiger charge is 2.18. The smallest absolute Gasteiger partial charge is 0.323 e. The Bertz CT molecular complexity index is 409. The molecule has 0 spiro atoms. The maximum Gasteiger partial charge on any atom is 0.323 e. The van der Waals surface area contributed by atoms with Gasteiger partial charge in [-0.3, -0.25) is 0 Å². The summed E-state index contributed by atoms with van der Waals surface area (Å²) in [7, 11) is 1.92. The fourth-order valence-electron chi connectivity index (χ4n) is 2.06. The van der Waals surface area contributed by atoms with Crippen LogP contribution in [0.1, 0.15) is 26.2 Å². The summed E-state index contributed by atoms with van der Waals surface area (Å²) in [6, 6.07) is 0.265. The first-order valence-corrected chi connectivity index (χ1v) is 6.66. The molecular weight excluding hydrogens is 246 g/mol. The number of ether oxygens (including phenoxy) is 2. The van der Waals surface area contributed by atoms with Crippen LogP contribution < -0.4 is 15.4 Å². The number of hydrogen-bond donors (Lipinski definition) is 1. The molecule has 7 nitrogen and oxygen atoms in total. The molecule has 2 heterocycles. The molecule has 2 rings (SSSR count). The number of nitrogen functional groups attached to an aromatic ring is 1. The zero-order valence-electron chi connectivity index (χ0n) is 11.5. The fraction of sp³-hybridized carbons (Fsp3) is 0.750. The Morgan fingerprint density at radius 1 is 1.37 bits per heavy atom. The lowest BCUT2D eigenvalue weighted by Gasteiger charge is -2.27. The van der Waals surface area contributed by atoms with Crippen molar-refractivity contribution in [1.29, 1.82) is 0 Å². The first-order valence-electron chi connectivity index (χ1n) is 6.66. The molecule has 7 heteroatoms. The molecule has 0 saturated carbocycles. The van der Waals surface area contributed by atoms with Gasteiger partial charge in [0.1, 0.15) is 0 Å². The lowest BCUT2D eigenvalue weighted by Crippen LogP contribution is -2.34. The van der Waals surface area contributed by atoms with Crippen LogP contribution in [0.15, 0.2) is 0 Å². The molecule has 1 aromatic rings. The van der Waals surface area contributed by atoms with Crippen LogP contribution in [0.2, 0.25) is 0 Å². The molecule has 0 radical (unpaired) electrons. The normalized spacial score (nSPS) is 19.2. The van der Waals surface area contributed by atoms with Gasteiger partial charge >= 0.3 is 6.01 Å². The number of rotatable bonds is 5. The number of aromatic nitrogens is 3. The summed E-state index contributed by atoms with van der Waals surface area (Å²) in [4.78, 5) is 14.2. The Morgan fingerprint density at radius 3 is 2.89 bits per heavy atom. The molecule has 19 heavy (non-hydrogen) atoms. The standard InChI is InChI=1S/C12H21N5O2/c1-3-18-12-15-10(13)14-11(16-12)17(2)8-9-6-4-5-7-19-9/h9H,3-8H2,1-2H3,(H2,13,14,15,16). The van der Waals surface area contributed by atoms with E-state index in [4.69, 9.17) is 15.2 Å². The van der Waals surface area contributed by atoms with E-state index in [1.165, 1.54) is 6.42 Å². The van der Waals surface area contributed by atoms with Crippen LogP contribution in [0.25, 0.3) is 0 Å². The topological polar surface area (TPSA) is 86.4 Å². The predicted molar refractivity (Wildman–Crippen MR) is 72.3 cm³/mol. The molecule has 0 amide bonds. The summed E-state index contributed by atoms with van der Waals surface area (Å²) in [6.45, 7) is 3.95. The zero-order chi connectivity index (χ0) is 13.7. The summed E-state index contributed by atoms with van der Waals surface area (Å²) in [5.74, 6) is 0.690. The number of nitrogens with two attached hydrogens (primary N) is 1. The van der Waals surface area contributed by atoms with Gasteiger partial charge in [0.2, 0.25) is 11.9 Å². The van der Waals surface area contributed by atoms with Gasteiger partial charge in [-0.2, -0.15) is 15.0 Å². The van der Waals surface area contributed by atoms with Crippen molar-refractivity contribution in [2.75, 3.05) is 37.4 Å². The molecule has 0 aliphatic carbocycles.